The summed E-state index contributed by atoms with van der Waals surface area (Å²) in [6, 6.07) is 1.33. The van der Waals surface area contributed by atoms with Crippen LogP contribution in [0.2, 0.25) is 6.82 Å². The average molecular weight is 343 g/mol. The van der Waals surface area contributed by atoms with Crippen molar-refractivity contribution in [1.29, 1.82) is 0 Å². The third-order valence-corrected chi connectivity index (χ3v) is 3.67. The van der Waals surface area contributed by atoms with Gasteiger partial charge in [-0.3, -0.25) is 9.78 Å². The van der Waals surface area contributed by atoms with E-state index in [9.17, 15) is 9.82 Å². The average Bonchev–Trinajstić information content (AvgIpc) is 2.82. The normalized spacial score (nSPS) is 22.6. The zero-order valence-electron chi connectivity index (χ0n) is 11.3. The quantitative estimate of drug-likeness (QED) is 0.648. The molecule has 1 fully saturated rings. The monoisotopic (exact) mass is 342 g/mol. The number of hydrogen-bond acceptors (Lipinski definition) is 6. The number of esters is 1. The Hall–Kier alpha value is -1.12. The van der Waals surface area contributed by atoms with E-state index in [1.807, 2.05) is 6.07 Å². The molecule has 1 saturated heterocycles. The zero-order valence-corrected chi connectivity index (χ0v) is 12.9. The minimum absolute atomic E-state index is 0.190. The number of halogens is 1. The summed E-state index contributed by atoms with van der Waals surface area (Å²) in [5, 5.41) is 9.74. The number of rotatable bonds is 4. The Kier molecular flexibility index (Phi) is 5.01. The maximum absolute atomic E-state index is 11.7. The first-order chi connectivity index (χ1) is 9.51. The molecule has 8 heteroatoms. The number of methoxy groups -OCH3 is 1. The molecule has 0 spiro atoms. The molecule has 0 bridgehead atoms. The van der Waals surface area contributed by atoms with Crippen molar-refractivity contribution in [2.75, 3.05) is 13.7 Å². The first-order valence-corrected chi connectivity index (χ1v) is 7.09. The third-order valence-electron chi connectivity index (χ3n) is 3.24. The van der Waals surface area contributed by atoms with Crippen LogP contribution in [-0.4, -0.2) is 53.6 Å². The highest BCUT2D eigenvalue weighted by Crippen LogP contribution is 2.25. The minimum Gasteiger partial charge on any atom is -0.487 e. The first-order valence-electron chi connectivity index (χ1n) is 6.30. The van der Waals surface area contributed by atoms with E-state index >= 15 is 0 Å². The van der Waals surface area contributed by atoms with Crippen LogP contribution < -0.4 is 4.74 Å². The van der Waals surface area contributed by atoms with Crippen LogP contribution in [0.4, 0.5) is 0 Å². The van der Waals surface area contributed by atoms with Crippen LogP contribution in [-0.2, 0) is 9.53 Å². The van der Waals surface area contributed by atoms with Crippen molar-refractivity contribution in [1.82, 2.24) is 9.79 Å². The second-order valence-corrected chi connectivity index (χ2v) is 5.60. The lowest BCUT2D eigenvalue weighted by atomic mass is 9.84. The van der Waals surface area contributed by atoms with E-state index in [0.717, 1.165) is 4.47 Å². The molecule has 0 saturated carbocycles. The molecular formula is C12H16BBrN2O4. The number of pyridine rings is 1. The molecule has 0 radical (unpaired) electrons. The first kappa shape index (κ1) is 15.3. The van der Waals surface area contributed by atoms with Crippen LogP contribution >= 0.6 is 15.9 Å². The van der Waals surface area contributed by atoms with E-state index in [2.05, 4.69) is 20.9 Å². The van der Waals surface area contributed by atoms with Gasteiger partial charge in [0.05, 0.1) is 13.3 Å². The summed E-state index contributed by atoms with van der Waals surface area (Å²) in [4.78, 5) is 17.4. The molecule has 1 aromatic rings. The second-order valence-electron chi connectivity index (χ2n) is 4.68. The molecule has 0 aromatic carbocycles. The standard InChI is InChI=1S/C12H16BBrN2O4/c1-13(18)16-7-10(4-11(16)12(17)19-2)20-9-3-8(14)5-15-6-9/h3,5-6,10-11,18H,4,7H2,1-2H3/t10-,11+/m1/s1. The topological polar surface area (TPSA) is 71.9 Å². The molecule has 2 rings (SSSR count). The van der Waals surface area contributed by atoms with Crippen LogP contribution in [0.15, 0.2) is 22.9 Å². The fourth-order valence-electron chi connectivity index (χ4n) is 2.34. The molecule has 2 atom stereocenters. The predicted octanol–water partition coefficient (Wildman–Crippen LogP) is 0.949. The molecule has 6 nitrogen and oxygen atoms in total. The van der Waals surface area contributed by atoms with Gasteiger partial charge in [0.2, 0.25) is 0 Å². The van der Waals surface area contributed by atoms with Gasteiger partial charge in [0.15, 0.2) is 0 Å². The molecule has 0 unspecified atom stereocenters. The van der Waals surface area contributed by atoms with Gasteiger partial charge in [-0.2, -0.15) is 0 Å². The summed E-state index contributed by atoms with van der Waals surface area (Å²) in [5.41, 5.74) is 0. The highest BCUT2D eigenvalue weighted by Gasteiger charge is 2.41. The lowest BCUT2D eigenvalue weighted by molar-refractivity contribution is -0.144. The molecule has 1 N–H and O–H groups in total. The van der Waals surface area contributed by atoms with Gasteiger partial charge < -0.3 is 19.3 Å². The van der Waals surface area contributed by atoms with Gasteiger partial charge in [-0.1, -0.05) is 0 Å². The number of ether oxygens (including phenoxy) is 2. The van der Waals surface area contributed by atoms with E-state index in [1.165, 1.54) is 7.11 Å². The zero-order chi connectivity index (χ0) is 14.7. The summed E-state index contributed by atoms with van der Waals surface area (Å²) in [6.45, 7) is 2.09. The molecule has 1 aliphatic rings. The van der Waals surface area contributed by atoms with Gasteiger partial charge in [-0.25, -0.2) is 0 Å². The smallest absolute Gasteiger partial charge is 0.377 e. The van der Waals surface area contributed by atoms with Gasteiger partial charge in [-0.15, -0.1) is 0 Å². The van der Waals surface area contributed by atoms with Crippen molar-refractivity contribution in [3.8, 4) is 5.75 Å². The highest BCUT2D eigenvalue weighted by molar-refractivity contribution is 9.10. The van der Waals surface area contributed by atoms with Crippen LogP contribution in [0.1, 0.15) is 6.42 Å². The van der Waals surface area contributed by atoms with Crippen molar-refractivity contribution >= 4 is 28.9 Å². The fraction of sp³-hybridized carbons (Fsp3) is 0.500. The Labute approximate surface area is 126 Å². The molecular weight excluding hydrogens is 327 g/mol. The molecule has 1 aliphatic heterocycles. The summed E-state index contributed by atoms with van der Waals surface area (Å²) >= 11 is 3.33. The Morgan fingerprint density at radius 2 is 2.35 bits per heavy atom. The number of carbonyl (C=O) groups excluding carboxylic acids is 1. The Morgan fingerprint density at radius 3 is 2.95 bits per heavy atom. The Morgan fingerprint density at radius 1 is 1.60 bits per heavy atom. The van der Waals surface area contributed by atoms with Gasteiger partial charge in [-0.05, 0) is 28.8 Å². The highest BCUT2D eigenvalue weighted by atomic mass is 79.9. The van der Waals surface area contributed by atoms with Crippen molar-refractivity contribution in [3.05, 3.63) is 22.9 Å². The van der Waals surface area contributed by atoms with Crippen LogP contribution in [0.25, 0.3) is 0 Å². The number of hydrogen-bond donors (Lipinski definition) is 1. The fourth-order valence-corrected chi connectivity index (χ4v) is 2.68. The lowest BCUT2D eigenvalue weighted by Crippen LogP contribution is -2.45. The number of aromatic nitrogens is 1. The molecule has 20 heavy (non-hydrogen) atoms. The molecule has 1 aromatic heterocycles. The van der Waals surface area contributed by atoms with Gasteiger partial charge in [0.1, 0.15) is 17.9 Å². The summed E-state index contributed by atoms with van der Waals surface area (Å²) in [7, 11) is 0.614. The van der Waals surface area contributed by atoms with Crippen molar-refractivity contribution in [3.63, 3.8) is 0 Å². The maximum atomic E-state index is 11.7. The van der Waals surface area contributed by atoms with E-state index in [0.29, 0.717) is 18.7 Å². The van der Waals surface area contributed by atoms with Crippen molar-refractivity contribution in [2.24, 2.45) is 0 Å². The van der Waals surface area contributed by atoms with Gasteiger partial charge >= 0.3 is 13.0 Å². The van der Waals surface area contributed by atoms with Crippen molar-refractivity contribution < 1.29 is 19.3 Å². The van der Waals surface area contributed by atoms with E-state index in [-0.39, 0.29) is 12.1 Å². The minimum atomic E-state index is -0.728. The Bertz CT molecular complexity index is 488. The molecule has 0 aliphatic carbocycles. The van der Waals surface area contributed by atoms with Gasteiger partial charge in [0.25, 0.3) is 0 Å². The molecule has 2 heterocycles. The Balaban J connectivity index is 2.06. The third kappa shape index (κ3) is 3.50. The van der Waals surface area contributed by atoms with E-state index in [4.69, 9.17) is 9.47 Å². The lowest BCUT2D eigenvalue weighted by Gasteiger charge is -2.22. The van der Waals surface area contributed by atoms with Crippen molar-refractivity contribution in [2.45, 2.75) is 25.4 Å². The van der Waals surface area contributed by atoms with Crippen LogP contribution in [0.5, 0.6) is 5.75 Å². The maximum Gasteiger partial charge on any atom is 0.377 e. The van der Waals surface area contributed by atoms with E-state index < -0.39 is 13.1 Å². The number of nitrogens with zero attached hydrogens (tertiary/aromatic N) is 2. The van der Waals surface area contributed by atoms with E-state index in [1.54, 1.807) is 24.0 Å². The van der Waals surface area contributed by atoms with Crippen LogP contribution in [0.3, 0.4) is 0 Å². The summed E-state index contributed by atoms with van der Waals surface area (Å²) in [6.07, 6.45) is 3.57. The van der Waals surface area contributed by atoms with Crippen LogP contribution in [0, 0.1) is 0 Å². The summed E-state index contributed by atoms with van der Waals surface area (Å²) < 4.78 is 11.4. The second kappa shape index (κ2) is 6.56. The molecule has 0 amide bonds. The molecule has 108 valence electrons. The predicted molar refractivity (Wildman–Crippen MR) is 77.3 cm³/mol. The number of carbonyl (C=O) groups is 1. The SMILES string of the molecule is COC(=O)[C@@H]1C[C@@H](Oc2cncc(Br)c2)CN1B(C)O. The summed E-state index contributed by atoms with van der Waals surface area (Å²) in [5.74, 6) is 0.268. The van der Waals surface area contributed by atoms with Gasteiger partial charge in [0, 0.05) is 23.6 Å². The largest absolute Gasteiger partial charge is 0.487 e.